The number of rotatable bonds is 5. The number of hydrogen-bond donors (Lipinski definition) is 1. The molecule has 1 aliphatic carbocycles. The molecule has 1 saturated carbocycles. The predicted molar refractivity (Wildman–Crippen MR) is 83.0 cm³/mol. The third kappa shape index (κ3) is 3.91. The highest BCUT2D eigenvalue weighted by Crippen LogP contribution is 2.41. The van der Waals surface area contributed by atoms with Crippen molar-refractivity contribution in [3.05, 3.63) is 35.1 Å². The van der Waals surface area contributed by atoms with Gasteiger partial charge < -0.3 is 10.1 Å². The van der Waals surface area contributed by atoms with Gasteiger partial charge in [0.05, 0.1) is 6.10 Å². The van der Waals surface area contributed by atoms with Gasteiger partial charge >= 0.3 is 0 Å². The van der Waals surface area contributed by atoms with Crippen molar-refractivity contribution in [2.75, 3.05) is 6.61 Å². The molecule has 1 N–H and O–H groups in total. The molecule has 1 aromatic rings. The number of benzene rings is 1. The lowest BCUT2D eigenvalue weighted by molar-refractivity contribution is -0.123. The predicted octanol–water partition coefficient (Wildman–Crippen LogP) is 3.67. The first kappa shape index (κ1) is 17.3. The number of halogens is 3. The van der Waals surface area contributed by atoms with Crippen molar-refractivity contribution in [2.45, 2.75) is 57.1 Å². The summed E-state index contributed by atoms with van der Waals surface area (Å²) in [6, 6.07) is 1.91. The first-order chi connectivity index (χ1) is 11.5. The van der Waals surface area contributed by atoms with E-state index in [0.29, 0.717) is 30.9 Å². The second kappa shape index (κ2) is 7.13. The van der Waals surface area contributed by atoms with Crippen LogP contribution in [0.1, 0.15) is 50.5 Å². The number of hydrogen-bond acceptors (Lipinski definition) is 2. The zero-order valence-electron chi connectivity index (χ0n) is 13.7. The van der Waals surface area contributed by atoms with Crippen LogP contribution >= 0.6 is 0 Å². The summed E-state index contributed by atoms with van der Waals surface area (Å²) in [6.45, 7) is 2.76. The maximum absolute atomic E-state index is 13.3. The molecule has 0 unspecified atom stereocenters. The fourth-order valence-electron chi connectivity index (χ4n) is 3.47. The van der Waals surface area contributed by atoms with E-state index in [4.69, 9.17) is 4.74 Å². The Morgan fingerprint density at radius 3 is 2.62 bits per heavy atom. The summed E-state index contributed by atoms with van der Waals surface area (Å²) in [7, 11) is 0. The van der Waals surface area contributed by atoms with Crippen LogP contribution in [-0.4, -0.2) is 24.7 Å². The molecule has 3 rings (SSSR count). The largest absolute Gasteiger partial charge is 0.378 e. The SMILES string of the molecule is CC[C@H]1C[C@@H](CC(=O)N[C@@H]2C[C@H]2c2cc(F)c(F)c(F)c2)CCO1. The van der Waals surface area contributed by atoms with Crippen LogP contribution in [0.25, 0.3) is 0 Å². The summed E-state index contributed by atoms with van der Waals surface area (Å²) in [6.07, 6.45) is 4.04. The molecule has 24 heavy (non-hydrogen) atoms. The van der Waals surface area contributed by atoms with Crippen molar-refractivity contribution >= 4 is 5.91 Å². The Kier molecular flexibility index (Phi) is 5.13. The zero-order chi connectivity index (χ0) is 17.3. The van der Waals surface area contributed by atoms with E-state index in [1.165, 1.54) is 0 Å². The molecule has 1 amide bonds. The Morgan fingerprint density at radius 2 is 1.96 bits per heavy atom. The van der Waals surface area contributed by atoms with Crippen LogP contribution in [0, 0.1) is 23.4 Å². The monoisotopic (exact) mass is 341 g/mol. The van der Waals surface area contributed by atoms with Gasteiger partial charge in [-0.1, -0.05) is 6.92 Å². The number of carbonyl (C=O) groups excluding carboxylic acids is 1. The average molecular weight is 341 g/mol. The van der Waals surface area contributed by atoms with Crippen LogP contribution in [0.4, 0.5) is 13.2 Å². The minimum Gasteiger partial charge on any atom is -0.378 e. The van der Waals surface area contributed by atoms with Crippen molar-refractivity contribution in [3.8, 4) is 0 Å². The highest BCUT2D eigenvalue weighted by molar-refractivity contribution is 5.77. The maximum Gasteiger partial charge on any atom is 0.220 e. The molecule has 2 fully saturated rings. The van der Waals surface area contributed by atoms with Gasteiger partial charge in [0, 0.05) is 25.0 Å². The summed E-state index contributed by atoms with van der Waals surface area (Å²) < 4.78 is 45.2. The van der Waals surface area contributed by atoms with Crippen molar-refractivity contribution in [3.63, 3.8) is 0 Å². The Morgan fingerprint density at radius 1 is 1.25 bits per heavy atom. The van der Waals surface area contributed by atoms with Gasteiger partial charge in [-0.15, -0.1) is 0 Å². The quantitative estimate of drug-likeness (QED) is 0.830. The first-order valence-electron chi connectivity index (χ1n) is 8.53. The lowest BCUT2D eigenvalue weighted by atomic mass is 9.91. The van der Waals surface area contributed by atoms with Gasteiger partial charge in [0.25, 0.3) is 0 Å². The van der Waals surface area contributed by atoms with E-state index < -0.39 is 17.5 Å². The third-order valence-electron chi connectivity index (χ3n) is 4.98. The Hall–Kier alpha value is -1.56. The molecule has 1 heterocycles. The van der Waals surface area contributed by atoms with Gasteiger partial charge in [-0.2, -0.15) is 0 Å². The number of ether oxygens (including phenoxy) is 1. The van der Waals surface area contributed by atoms with Crippen molar-refractivity contribution < 1.29 is 22.7 Å². The van der Waals surface area contributed by atoms with Crippen LogP contribution < -0.4 is 5.32 Å². The van der Waals surface area contributed by atoms with Gasteiger partial charge in [0.1, 0.15) is 0 Å². The Labute approximate surface area is 139 Å². The lowest BCUT2D eigenvalue weighted by Gasteiger charge is -2.28. The first-order valence-corrected chi connectivity index (χ1v) is 8.53. The molecule has 0 bridgehead atoms. The molecule has 6 heteroatoms. The van der Waals surface area contributed by atoms with Gasteiger partial charge in [0.15, 0.2) is 17.5 Å². The Bertz CT molecular complexity index is 599. The average Bonchev–Trinajstić information content (AvgIpc) is 3.31. The highest BCUT2D eigenvalue weighted by atomic mass is 19.2. The van der Waals surface area contributed by atoms with Crippen molar-refractivity contribution in [1.82, 2.24) is 5.32 Å². The molecule has 0 spiro atoms. The van der Waals surface area contributed by atoms with Gasteiger partial charge in [-0.25, -0.2) is 13.2 Å². The van der Waals surface area contributed by atoms with E-state index in [1.54, 1.807) is 0 Å². The molecular formula is C18H22F3NO2. The van der Waals surface area contributed by atoms with Gasteiger partial charge in [-0.3, -0.25) is 4.79 Å². The zero-order valence-corrected chi connectivity index (χ0v) is 13.7. The fraction of sp³-hybridized carbons (Fsp3) is 0.611. The van der Waals surface area contributed by atoms with Gasteiger partial charge in [0.2, 0.25) is 5.91 Å². The standard InChI is InChI=1S/C18H22F3NO2/c1-2-12-5-10(3-4-24-12)6-17(23)22-16-9-13(16)11-7-14(19)18(21)15(20)8-11/h7-8,10,12-13,16H,2-6,9H2,1H3,(H,22,23)/t10-,12-,13-,16+/m0/s1. The van der Waals surface area contributed by atoms with Crippen LogP contribution in [0.2, 0.25) is 0 Å². The number of amides is 1. The van der Waals surface area contributed by atoms with E-state index in [9.17, 15) is 18.0 Å². The lowest BCUT2D eigenvalue weighted by Crippen LogP contribution is -2.32. The minimum absolute atomic E-state index is 0.0349. The van der Waals surface area contributed by atoms with Crippen molar-refractivity contribution in [1.29, 1.82) is 0 Å². The smallest absolute Gasteiger partial charge is 0.220 e. The molecule has 0 aromatic heterocycles. The summed E-state index contributed by atoms with van der Waals surface area (Å²) in [5, 5.41) is 2.92. The summed E-state index contributed by atoms with van der Waals surface area (Å²) in [5.41, 5.74) is 0.397. The minimum atomic E-state index is -1.45. The fourth-order valence-corrected chi connectivity index (χ4v) is 3.47. The molecule has 0 radical (unpaired) electrons. The molecule has 132 valence electrons. The van der Waals surface area contributed by atoms with Crippen LogP contribution in [0.15, 0.2) is 12.1 Å². The normalized spacial score (nSPS) is 29.3. The van der Waals surface area contributed by atoms with E-state index in [-0.39, 0.29) is 24.0 Å². The number of nitrogens with one attached hydrogen (secondary N) is 1. The molecular weight excluding hydrogens is 319 g/mol. The summed E-state index contributed by atoms with van der Waals surface area (Å²) >= 11 is 0. The molecule has 1 aromatic carbocycles. The second-order valence-corrected chi connectivity index (χ2v) is 6.81. The van der Waals surface area contributed by atoms with Crippen LogP contribution in [0.3, 0.4) is 0 Å². The Balaban J connectivity index is 1.50. The van der Waals surface area contributed by atoms with E-state index in [2.05, 4.69) is 12.2 Å². The van der Waals surface area contributed by atoms with E-state index in [0.717, 1.165) is 31.4 Å². The van der Waals surface area contributed by atoms with Gasteiger partial charge in [-0.05, 0) is 49.3 Å². The maximum atomic E-state index is 13.3. The molecule has 1 saturated heterocycles. The molecule has 1 aliphatic heterocycles. The highest BCUT2D eigenvalue weighted by Gasteiger charge is 2.40. The van der Waals surface area contributed by atoms with E-state index in [1.807, 2.05) is 0 Å². The molecule has 3 nitrogen and oxygen atoms in total. The molecule has 2 aliphatic rings. The van der Waals surface area contributed by atoms with E-state index >= 15 is 0 Å². The van der Waals surface area contributed by atoms with Crippen LogP contribution in [-0.2, 0) is 9.53 Å². The topological polar surface area (TPSA) is 38.3 Å². The second-order valence-electron chi connectivity index (χ2n) is 6.81. The molecule has 4 atom stereocenters. The summed E-state index contributed by atoms with van der Waals surface area (Å²) in [5.74, 6) is -3.68. The van der Waals surface area contributed by atoms with Crippen molar-refractivity contribution in [2.24, 2.45) is 5.92 Å². The number of carbonyl (C=O) groups is 1. The van der Waals surface area contributed by atoms with Crippen LogP contribution in [0.5, 0.6) is 0 Å². The third-order valence-corrected chi connectivity index (χ3v) is 4.98. The summed E-state index contributed by atoms with van der Waals surface area (Å²) in [4.78, 5) is 12.2.